The van der Waals surface area contributed by atoms with Gasteiger partial charge >= 0.3 is 0 Å². The van der Waals surface area contributed by atoms with Crippen LogP contribution in [-0.4, -0.2) is 25.0 Å². The lowest BCUT2D eigenvalue weighted by molar-refractivity contribution is 0.342. The van der Waals surface area contributed by atoms with E-state index in [1.807, 2.05) is 25.1 Å². The summed E-state index contributed by atoms with van der Waals surface area (Å²) in [6.45, 7) is 2.34. The van der Waals surface area contributed by atoms with Crippen molar-refractivity contribution in [2.75, 3.05) is 16.6 Å². The molecule has 7 nitrogen and oxygen atoms in total. The van der Waals surface area contributed by atoms with Gasteiger partial charge in [-0.2, -0.15) is 0 Å². The SMILES string of the molecule is CCOc1ccccc1Nc1nc2ccccc2nc1NS(=O)(=O)c1cc(Cl)ccc1Cl. The Hall–Kier alpha value is -3.07. The highest BCUT2D eigenvalue weighted by molar-refractivity contribution is 7.92. The van der Waals surface area contributed by atoms with Gasteiger partial charge in [0.05, 0.1) is 28.4 Å². The van der Waals surface area contributed by atoms with Crippen molar-refractivity contribution < 1.29 is 13.2 Å². The molecule has 32 heavy (non-hydrogen) atoms. The van der Waals surface area contributed by atoms with Crippen molar-refractivity contribution in [2.24, 2.45) is 0 Å². The fourth-order valence-electron chi connectivity index (χ4n) is 3.00. The van der Waals surface area contributed by atoms with E-state index in [0.717, 1.165) is 0 Å². The van der Waals surface area contributed by atoms with Gasteiger partial charge < -0.3 is 10.1 Å². The van der Waals surface area contributed by atoms with E-state index in [1.165, 1.54) is 18.2 Å². The molecule has 10 heteroatoms. The number of rotatable bonds is 7. The summed E-state index contributed by atoms with van der Waals surface area (Å²) in [6.07, 6.45) is 0. The highest BCUT2D eigenvalue weighted by Crippen LogP contribution is 2.33. The summed E-state index contributed by atoms with van der Waals surface area (Å²) < 4.78 is 34.4. The van der Waals surface area contributed by atoms with Crippen LogP contribution in [0.5, 0.6) is 5.75 Å². The standard InChI is InChI=1S/C22H18Cl2N4O3S/c1-2-31-19-10-6-5-9-18(19)27-21-22(26-17-8-4-3-7-16(17)25-21)28-32(29,30)20-13-14(23)11-12-15(20)24/h3-13H,2H2,1H3,(H,25,27)(H,26,28). The van der Waals surface area contributed by atoms with Crippen molar-refractivity contribution in [3.8, 4) is 5.75 Å². The Balaban J connectivity index is 1.81. The van der Waals surface area contributed by atoms with Gasteiger partial charge in [-0.1, -0.05) is 47.5 Å². The molecule has 1 heterocycles. The zero-order valence-electron chi connectivity index (χ0n) is 16.8. The van der Waals surface area contributed by atoms with Crippen LogP contribution >= 0.6 is 23.2 Å². The van der Waals surface area contributed by atoms with Gasteiger partial charge in [-0.25, -0.2) is 18.4 Å². The second-order valence-corrected chi connectivity index (χ2v) is 9.14. The first-order valence-electron chi connectivity index (χ1n) is 9.61. The second-order valence-electron chi connectivity index (χ2n) is 6.64. The van der Waals surface area contributed by atoms with Gasteiger partial charge in [0.2, 0.25) is 0 Å². The Morgan fingerprint density at radius 1 is 0.906 bits per heavy atom. The minimum Gasteiger partial charge on any atom is -0.492 e. The summed E-state index contributed by atoms with van der Waals surface area (Å²) in [5.74, 6) is 0.806. The van der Waals surface area contributed by atoms with Crippen LogP contribution in [0.4, 0.5) is 17.3 Å². The predicted molar refractivity (Wildman–Crippen MR) is 128 cm³/mol. The molecule has 0 atom stereocenters. The molecule has 0 aliphatic heterocycles. The Kier molecular flexibility index (Phi) is 6.36. The normalized spacial score (nSPS) is 11.3. The van der Waals surface area contributed by atoms with Crippen LogP contribution in [0, 0.1) is 0 Å². The zero-order valence-corrected chi connectivity index (χ0v) is 19.2. The summed E-state index contributed by atoms with van der Waals surface area (Å²) in [4.78, 5) is 8.89. The fourth-order valence-corrected chi connectivity index (χ4v) is 4.78. The van der Waals surface area contributed by atoms with E-state index in [4.69, 9.17) is 27.9 Å². The van der Waals surface area contributed by atoms with Gasteiger partial charge in [0.15, 0.2) is 11.6 Å². The highest BCUT2D eigenvalue weighted by Gasteiger charge is 2.22. The summed E-state index contributed by atoms with van der Waals surface area (Å²) in [6, 6.07) is 18.6. The molecule has 3 aromatic carbocycles. The Bertz CT molecular complexity index is 1400. The lowest BCUT2D eigenvalue weighted by Crippen LogP contribution is -2.16. The van der Waals surface area contributed by atoms with E-state index >= 15 is 0 Å². The Morgan fingerprint density at radius 3 is 2.28 bits per heavy atom. The molecule has 0 spiro atoms. The van der Waals surface area contributed by atoms with Crippen LogP contribution in [0.25, 0.3) is 11.0 Å². The van der Waals surface area contributed by atoms with Crippen molar-refractivity contribution >= 4 is 61.6 Å². The van der Waals surface area contributed by atoms with Crippen LogP contribution in [0.3, 0.4) is 0 Å². The highest BCUT2D eigenvalue weighted by atomic mass is 35.5. The van der Waals surface area contributed by atoms with E-state index in [0.29, 0.717) is 29.1 Å². The van der Waals surface area contributed by atoms with E-state index < -0.39 is 10.0 Å². The number of nitrogens with one attached hydrogen (secondary N) is 2. The summed E-state index contributed by atoms with van der Waals surface area (Å²) in [7, 11) is -4.11. The average molecular weight is 489 g/mol. The molecule has 0 aliphatic carbocycles. The number of para-hydroxylation sites is 4. The van der Waals surface area contributed by atoms with Gasteiger partial charge in [0.25, 0.3) is 10.0 Å². The van der Waals surface area contributed by atoms with Crippen molar-refractivity contribution in [1.82, 2.24) is 9.97 Å². The third kappa shape index (κ3) is 4.72. The molecular formula is C22H18Cl2N4O3S. The topological polar surface area (TPSA) is 93.2 Å². The number of nitrogens with zero attached hydrogens (tertiary/aromatic N) is 2. The van der Waals surface area contributed by atoms with Gasteiger partial charge in [-0.15, -0.1) is 0 Å². The van der Waals surface area contributed by atoms with Crippen molar-refractivity contribution in [3.63, 3.8) is 0 Å². The molecule has 4 aromatic rings. The molecule has 0 radical (unpaired) electrons. The van der Waals surface area contributed by atoms with E-state index in [-0.39, 0.29) is 26.6 Å². The molecule has 0 fully saturated rings. The molecule has 1 aromatic heterocycles. The number of fused-ring (bicyclic) bond motifs is 1. The summed E-state index contributed by atoms with van der Waals surface area (Å²) in [5.41, 5.74) is 1.72. The largest absolute Gasteiger partial charge is 0.492 e. The summed E-state index contributed by atoms with van der Waals surface area (Å²) in [5, 5.41) is 3.41. The van der Waals surface area contributed by atoms with Crippen molar-refractivity contribution in [2.45, 2.75) is 11.8 Å². The molecule has 164 valence electrons. The van der Waals surface area contributed by atoms with Crippen LogP contribution < -0.4 is 14.8 Å². The molecule has 2 N–H and O–H groups in total. The summed E-state index contributed by atoms with van der Waals surface area (Å²) >= 11 is 12.1. The van der Waals surface area contributed by atoms with Gasteiger partial charge in [0.1, 0.15) is 10.6 Å². The Labute approximate surface area is 195 Å². The number of halogens is 2. The number of aromatic nitrogens is 2. The smallest absolute Gasteiger partial charge is 0.264 e. The number of benzene rings is 3. The molecule has 0 saturated heterocycles. The average Bonchev–Trinajstić information content (AvgIpc) is 2.77. The van der Waals surface area contributed by atoms with Crippen LogP contribution in [0.2, 0.25) is 10.0 Å². The van der Waals surface area contributed by atoms with Gasteiger partial charge in [-0.05, 0) is 49.4 Å². The van der Waals surface area contributed by atoms with Crippen LogP contribution in [0.15, 0.2) is 71.6 Å². The molecule has 0 aliphatic rings. The lowest BCUT2D eigenvalue weighted by Gasteiger charge is -2.16. The molecular weight excluding hydrogens is 471 g/mol. The molecule has 0 amide bonds. The zero-order chi connectivity index (χ0) is 22.7. The fraction of sp³-hybridized carbons (Fsp3) is 0.0909. The van der Waals surface area contributed by atoms with E-state index in [2.05, 4.69) is 20.0 Å². The van der Waals surface area contributed by atoms with Crippen LogP contribution in [0.1, 0.15) is 6.92 Å². The third-order valence-corrected chi connectivity index (χ3v) is 6.48. The number of hydrogen-bond acceptors (Lipinski definition) is 6. The molecule has 0 bridgehead atoms. The Morgan fingerprint density at radius 2 is 1.56 bits per heavy atom. The maximum Gasteiger partial charge on any atom is 0.264 e. The number of sulfonamides is 1. The molecule has 0 unspecified atom stereocenters. The minimum atomic E-state index is -4.11. The van der Waals surface area contributed by atoms with Crippen LogP contribution in [-0.2, 0) is 10.0 Å². The quantitative estimate of drug-likeness (QED) is 0.337. The minimum absolute atomic E-state index is 0.00560. The number of ether oxygens (including phenoxy) is 1. The molecule has 4 rings (SSSR count). The second kappa shape index (κ2) is 9.20. The molecule has 0 saturated carbocycles. The first-order valence-corrected chi connectivity index (χ1v) is 11.8. The third-order valence-electron chi connectivity index (χ3n) is 4.42. The maximum absolute atomic E-state index is 13.1. The predicted octanol–water partition coefficient (Wildman–Crippen LogP) is 5.88. The van der Waals surface area contributed by atoms with E-state index in [9.17, 15) is 8.42 Å². The maximum atomic E-state index is 13.1. The number of anilines is 3. The number of hydrogen-bond donors (Lipinski definition) is 2. The lowest BCUT2D eigenvalue weighted by atomic mass is 10.3. The van der Waals surface area contributed by atoms with Gasteiger partial charge in [0, 0.05) is 5.02 Å². The van der Waals surface area contributed by atoms with Crippen molar-refractivity contribution in [3.05, 3.63) is 76.8 Å². The van der Waals surface area contributed by atoms with Gasteiger partial charge in [-0.3, -0.25) is 4.72 Å². The van der Waals surface area contributed by atoms with E-state index in [1.54, 1.807) is 30.3 Å². The first-order chi connectivity index (χ1) is 15.4. The monoisotopic (exact) mass is 488 g/mol. The van der Waals surface area contributed by atoms with Crippen molar-refractivity contribution in [1.29, 1.82) is 0 Å². The first kappa shape index (κ1) is 22.1.